The van der Waals surface area contributed by atoms with Gasteiger partial charge in [0.15, 0.2) is 0 Å². The number of hydrogen-bond donors (Lipinski definition) is 0. The summed E-state index contributed by atoms with van der Waals surface area (Å²) < 4.78 is 12.1. The van der Waals surface area contributed by atoms with Gasteiger partial charge in [-0.25, -0.2) is 9.31 Å². The van der Waals surface area contributed by atoms with E-state index in [2.05, 4.69) is 5.10 Å². The van der Waals surface area contributed by atoms with Crippen LogP contribution in [0.1, 0.15) is 17.3 Å². The lowest BCUT2D eigenvalue weighted by Gasteiger charge is -2.07. The Morgan fingerprint density at radius 2 is 2.00 bits per heavy atom. The van der Waals surface area contributed by atoms with Crippen molar-refractivity contribution in [3.05, 3.63) is 54.2 Å². The monoisotopic (exact) mass is 296 g/mol. The normalized spacial score (nSPS) is 10.6. The van der Waals surface area contributed by atoms with Gasteiger partial charge in [0, 0.05) is 11.8 Å². The van der Waals surface area contributed by atoms with Gasteiger partial charge in [0.2, 0.25) is 0 Å². The van der Waals surface area contributed by atoms with Crippen molar-refractivity contribution in [3.8, 4) is 17.0 Å². The Morgan fingerprint density at radius 1 is 1.23 bits per heavy atom. The molecular weight excluding hydrogens is 280 g/mol. The van der Waals surface area contributed by atoms with E-state index in [-0.39, 0.29) is 5.97 Å². The van der Waals surface area contributed by atoms with E-state index in [1.54, 1.807) is 30.8 Å². The van der Waals surface area contributed by atoms with Gasteiger partial charge < -0.3 is 9.47 Å². The number of hydrogen-bond acceptors (Lipinski definition) is 4. The van der Waals surface area contributed by atoms with Gasteiger partial charge in [-0.05, 0) is 49.4 Å². The van der Waals surface area contributed by atoms with Crippen LogP contribution in [0.25, 0.3) is 16.8 Å². The van der Waals surface area contributed by atoms with E-state index < -0.39 is 0 Å². The molecule has 0 atom stereocenters. The molecule has 2 aromatic heterocycles. The van der Waals surface area contributed by atoms with Gasteiger partial charge in [0.25, 0.3) is 0 Å². The standard InChI is InChI=1S/C17H16N2O3/c1-3-22-17(20)15-11-13-5-4-10-18-19(13)16(15)12-6-8-14(21-2)9-7-12/h4-11H,3H2,1-2H3. The molecule has 0 spiro atoms. The molecule has 0 amide bonds. The minimum Gasteiger partial charge on any atom is -0.497 e. The lowest BCUT2D eigenvalue weighted by Crippen LogP contribution is -2.06. The Morgan fingerprint density at radius 3 is 2.68 bits per heavy atom. The second kappa shape index (κ2) is 5.89. The van der Waals surface area contributed by atoms with E-state index in [0.29, 0.717) is 12.2 Å². The van der Waals surface area contributed by atoms with Crippen molar-refractivity contribution in [2.24, 2.45) is 0 Å². The number of benzene rings is 1. The van der Waals surface area contributed by atoms with Crippen molar-refractivity contribution >= 4 is 11.5 Å². The summed E-state index contributed by atoms with van der Waals surface area (Å²) in [7, 11) is 1.62. The van der Waals surface area contributed by atoms with Crippen LogP contribution in [0.2, 0.25) is 0 Å². The fourth-order valence-corrected chi connectivity index (χ4v) is 2.40. The van der Waals surface area contributed by atoms with Crippen LogP contribution in [0, 0.1) is 0 Å². The molecule has 0 radical (unpaired) electrons. The zero-order chi connectivity index (χ0) is 15.5. The highest BCUT2D eigenvalue weighted by Crippen LogP contribution is 2.29. The second-order valence-corrected chi connectivity index (χ2v) is 4.72. The fraction of sp³-hybridized carbons (Fsp3) is 0.176. The van der Waals surface area contributed by atoms with Gasteiger partial charge in [-0.15, -0.1) is 0 Å². The van der Waals surface area contributed by atoms with Crippen LogP contribution >= 0.6 is 0 Å². The fourth-order valence-electron chi connectivity index (χ4n) is 2.40. The van der Waals surface area contributed by atoms with Crippen LogP contribution in [-0.4, -0.2) is 29.3 Å². The molecule has 0 fully saturated rings. The third-order valence-electron chi connectivity index (χ3n) is 3.40. The summed E-state index contributed by atoms with van der Waals surface area (Å²) >= 11 is 0. The van der Waals surface area contributed by atoms with Crippen LogP contribution in [0.5, 0.6) is 5.75 Å². The van der Waals surface area contributed by atoms with E-state index in [1.165, 1.54) is 0 Å². The van der Waals surface area contributed by atoms with E-state index in [1.807, 2.05) is 36.4 Å². The molecule has 0 bridgehead atoms. The summed E-state index contributed by atoms with van der Waals surface area (Å²) in [5.74, 6) is 0.411. The van der Waals surface area contributed by atoms with Crippen LogP contribution in [-0.2, 0) is 4.74 Å². The Balaban J connectivity index is 2.20. The maximum atomic E-state index is 12.2. The van der Waals surface area contributed by atoms with Crippen molar-refractivity contribution in [1.29, 1.82) is 0 Å². The highest BCUT2D eigenvalue weighted by Gasteiger charge is 2.20. The lowest BCUT2D eigenvalue weighted by atomic mass is 10.1. The molecule has 3 aromatic rings. The Bertz CT molecular complexity index is 806. The molecule has 5 heteroatoms. The van der Waals surface area contributed by atoms with Gasteiger partial charge in [-0.2, -0.15) is 5.10 Å². The van der Waals surface area contributed by atoms with Gasteiger partial charge in [-0.3, -0.25) is 0 Å². The zero-order valence-electron chi connectivity index (χ0n) is 12.4. The molecule has 112 valence electrons. The molecular formula is C17H16N2O3. The molecule has 2 heterocycles. The molecule has 22 heavy (non-hydrogen) atoms. The summed E-state index contributed by atoms with van der Waals surface area (Å²) in [5.41, 5.74) is 2.95. The van der Waals surface area contributed by atoms with Crippen LogP contribution in [0.4, 0.5) is 0 Å². The number of methoxy groups -OCH3 is 1. The van der Waals surface area contributed by atoms with Crippen molar-refractivity contribution < 1.29 is 14.3 Å². The van der Waals surface area contributed by atoms with E-state index >= 15 is 0 Å². The van der Waals surface area contributed by atoms with Crippen LogP contribution in [0.3, 0.4) is 0 Å². The van der Waals surface area contributed by atoms with Gasteiger partial charge in [0.1, 0.15) is 5.75 Å². The Kier molecular flexibility index (Phi) is 3.78. The largest absolute Gasteiger partial charge is 0.497 e. The average Bonchev–Trinajstić information content (AvgIpc) is 2.95. The molecule has 3 rings (SSSR count). The van der Waals surface area contributed by atoms with Gasteiger partial charge in [-0.1, -0.05) is 0 Å². The molecule has 0 unspecified atom stereocenters. The summed E-state index contributed by atoms with van der Waals surface area (Å²) in [6.07, 6.45) is 1.69. The number of fused-ring (bicyclic) bond motifs is 1. The van der Waals surface area contributed by atoms with Gasteiger partial charge in [0.05, 0.1) is 30.5 Å². The Labute approximate surface area is 128 Å². The number of esters is 1. The number of aromatic nitrogens is 2. The molecule has 5 nitrogen and oxygen atoms in total. The first kappa shape index (κ1) is 14.1. The maximum absolute atomic E-state index is 12.2. The Hall–Kier alpha value is -2.82. The topological polar surface area (TPSA) is 52.8 Å². The minimum absolute atomic E-state index is 0.334. The molecule has 0 saturated heterocycles. The van der Waals surface area contributed by atoms with Crippen molar-refractivity contribution in [1.82, 2.24) is 9.61 Å². The second-order valence-electron chi connectivity index (χ2n) is 4.72. The summed E-state index contributed by atoms with van der Waals surface area (Å²) in [4.78, 5) is 12.2. The first-order valence-corrected chi connectivity index (χ1v) is 7.03. The van der Waals surface area contributed by atoms with Crippen LogP contribution < -0.4 is 4.74 Å². The summed E-state index contributed by atoms with van der Waals surface area (Å²) in [6, 6.07) is 13.0. The lowest BCUT2D eigenvalue weighted by molar-refractivity contribution is 0.0527. The minimum atomic E-state index is -0.348. The quantitative estimate of drug-likeness (QED) is 0.694. The third kappa shape index (κ3) is 2.41. The van der Waals surface area contributed by atoms with E-state index in [4.69, 9.17) is 9.47 Å². The predicted octanol–water partition coefficient (Wildman–Crippen LogP) is 3.19. The van der Waals surface area contributed by atoms with Crippen molar-refractivity contribution in [2.75, 3.05) is 13.7 Å². The third-order valence-corrected chi connectivity index (χ3v) is 3.40. The summed E-state index contributed by atoms with van der Waals surface area (Å²) in [6.45, 7) is 2.12. The first-order chi connectivity index (χ1) is 10.7. The number of nitrogens with zero attached hydrogens (tertiary/aromatic N) is 2. The number of carbonyl (C=O) groups excluding carboxylic acids is 1. The molecule has 1 aromatic carbocycles. The molecule has 0 aliphatic heterocycles. The van der Waals surface area contributed by atoms with E-state index in [9.17, 15) is 4.79 Å². The molecule has 0 aliphatic carbocycles. The van der Waals surface area contributed by atoms with Crippen LogP contribution in [0.15, 0.2) is 48.7 Å². The number of ether oxygens (including phenoxy) is 2. The zero-order valence-corrected chi connectivity index (χ0v) is 12.4. The summed E-state index contributed by atoms with van der Waals surface area (Å²) in [5, 5.41) is 4.34. The highest BCUT2D eigenvalue weighted by atomic mass is 16.5. The maximum Gasteiger partial charge on any atom is 0.340 e. The predicted molar refractivity (Wildman–Crippen MR) is 83.1 cm³/mol. The molecule has 0 N–H and O–H groups in total. The molecule has 0 saturated carbocycles. The van der Waals surface area contributed by atoms with Crippen molar-refractivity contribution in [2.45, 2.75) is 6.92 Å². The van der Waals surface area contributed by atoms with Crippen molar-refractivity contribution in [3.63, 3.8) is 0 Å². The van der Waals surface area contributed by atoms with E-state index in [0.717, 1.165) is 22.5 Å². The number of rotatable bonds is 4. The number of carbonyl (C=O) groups is 1. The molecule has 0 aliphatic rings. The van der Waals surface area contributed by atoms with Gasteiger partial charge >= 0.3 is 5.97 Å². The first-order valence-electron chi connectivity index (χ1n) is 7.03. The smallest absolute Gasteiger partial charge is 0.340 e. The average molecular weight is 296 g/mol. The highest BCUT2D eigenvalue weighted by molar-refractivity contribution is 5.98. The SMILES string of the molecule is CCOC(=O)c1cc2cccnn2c1-c1ccc(OC)cc1.